The van der Waals surface area contributed by atoms with E-state index in [-0.39, 0.29) is 24.3 Å². The van der Waals surface area contributed by atoms with Gasteiger partial charge in [-0.15, -0.1) is 0 Å². The summed E-state index contributed by atoms with van der Waals surface area (Å²) in [6, 6.07) is 5.84. The molecule has 3 rings (SSSR count). The van der Waals surface area contributed by atoms with Crippen LogP contribution in [0.25, 0.3) is 0 Å². The Morgan fingerprint density at radius 3 is 2.52 bits per heavy atom. The first kappa shape index (κ1) is 15.7. The van der Waals surface area contributed by atoms with Crippen molar-refractivity contribution in [3.05, 3.63) is 52.6 Å². The summed E-state index contributed by atoms with van der Waals surface area (Å²) in [5, 5.41) is 14.3. The zero-order valence-electron chi connectivity index (χ0n) is 13.5. The maximum absolute atomic E-state index is 13.1. The molecule has 1 aromatic carbocycles. The van der Waals surface area contributed by atoms with Gasteiger partial charge >= 0.3 is 0 Å². The summed E-state index contributed by atoms with van der Waals surface area (Å²) in [5.74, 6) is -0.455. The first-order chi connectivity index (χ1) is 10.9. The fourth-order valence-electron chi connectivity index (χ4n) is 3.27. The number of aliphatic hydroxyl groups excluding tert-OH is 1. The van der Waals surface area contributed by atoms with Crippen LogP contribution in [0.5, 0.6) is 0 Å². The van der Waals surface area contributed by atoms with Crippen molar-refractivity contribution in [3.63, 3.8) is 0 Å². The van der Waals surface area contributed by atoms with Crippen LogP contribution in [-0.2, 0) is 7.05 Å². The second-order valence-corrected chi connectivity index (χ2v) is 6.08. The number of nitrogens with zero attached hydrogens (tertiary/aromatic N) is 3. The van der Waals surface area contributed by atoms with Gasteiger partial charge in [-0.25, -0.2) is 4.39 Å². The topological polar surface area (TPSA) is 58.4 Å². The van der Waals surface area contributed by atoms with E-state index < -0.39 is 6.10 Å². The molecule has 122 valence electrons. The Kier molecular flexibility index (Phi) is 3.93. The van der Waals surface area contributed by atoms with Gasteiger partial charge in [-0.3, -0.25) is 9.48 Å². The Labute approximate surface area is 134 Å². The fourth-order valence-corrected chi connectivity index (χ4v) is 3.27. The van der Waals surface area contributed by atoms with Crippen LogP contribution < -0.4 is 0 Å². The SMILES string of the molecule is Cc1nn(C)c(C)c1C(=O)N1C[C@H](O)C[C@H]1c1ccc(F)cc1. The zero-order valence-corrected chi connectivity index (χ0v) is 13.5. The Morgan fingerprint density at radius 2 is 1.96 bits per heavy atom. The number of carbonyl (C=O) groups excluding carboxylic acids is 1. The van der Waals surface area contributed by atoms with E-state index in [1.165, 1.54) is 12.1 Å². The van der Waals surface area contributed by atoms with E-state index in [1.54, 1.807) is 35.7 Å². The van der Waals surface area contributed by atoms with Crippen LogP contribution in [0.4, 0.5) is 4.39 Å². The van der Waals surface area contributed by atoms with Crippen LogP contribution >= 0.6 is 0 Å². The molecule has 6 heteroatoms. The fraction of sp³-hybridized carbons (Fsp3) is 0.412. The van der Waals surface area contributed by atoms with Crippen molar-refractivity contribution in [2.45, 2.75) is 32.4 Å². The molecule has 2 atom stereocenters. The summed E-state index contributed by atoms with van der Waals surface area (Å²) < 4.78 is 14.8. The van der Waals surface area contributed by atoms with Gasteiger partial charge < -0.3 is 10.0 Å². The standard InChI is InChI=1S/C17H20FN3O2/c1-10-16(11(2)20(3)19-10)17(23)21-9-14(22)8-15(21)12-4-6-13(18)7-5-12/h4-7,14-15,22H,8-9H2,1-3H3/t14-,15+/m1/s1. The van der Waals surface area contributed by atoms with Gasteiger partial charge in [0, 0.05) is 19.3 Å². The van der Waals surface area contributed by atoms with Gasteiger partial charge in [-0.1, -0.05) is 12.1 Å². The first-order valence-corrected chi connectivity index (χ1v) is 7.63. The average Bonchev–Trinajstić information content (AvgIpc) is 3.00. The lowest BCUT2D eigenvalue weighted by atomic mass is 10.0. The van der Waals surface area contributed by atoms with Gasteiger partial charge in [0.25, 0.3) is 5.91 Å². The smallest absolute Gasteiger partial charge is 0.258 e. The Hall–Kier alpha value is -2.21. The zero-order chi connectivity index (χ0) is 16.7. The van der Waals surface area contributed by atoms with Gasteiger partial charge in [0.2, 0.25) is 0 Å². The van der Waals surface area contributed by atoms with E-state index in [0.717, 1.165) is 11.3 Å². The Balaban J connectivity index is 1.96. The molecule has 2 heterocycles. The van der Waals surface area contributed by atoms with Crippen LogP contribution in [-0.4, -0.2) is 38.3 Å². The summed E-state index contributed by atoms with van der Waals surface area (Å²) >= 11 is 0. The number of carbonyl (C=O) groups is 1. The number of β-amino-alcohol motifs (C(OH)–C–C–N with tert-alkyl or cyclic N) is 1. The Bertz CT molecular complexity index is 739. The molecule has 0 aliphatic carbocycles. The van der Waals surface area contributed by atoms with Crippen molar-refractivity contribution >= 4 is 5.91 Å². The predicted octanol–water partition coefficient (Wildman–Crippen LogP) is 2.12. The molecule has 0 spiro atoms. The number of rotatable bonds is 2. The van der Waals surface area contributed by atoms with Crippen molar-refractivity contribution in [2.75, 3.05) is 6.54 Å². The highest BCUT2D eigenvalue weighted by molar-refractivity contribution is 5.97. The number of amides is 1. The molecule has 1 saturated heterocycles. The van der Waals surface area contributed by atoms with Crippen molar-refractivity contribution in [1.82, 2.24) is 14.7 Å². The van der Waals surface area contributed by atoms with E-state index >= 15 is 0 Å². The first-order valence-electron chi connectivity index (χ1n) is 7.63. The van der Waals surface area contributed by atoms with Crippen LogP contribution in [0.15, 0.2) is 24.3 Å². The summed E-state index contributed by atoms with van der Waals surface area (Å²) in [6.07, 6.45) is -0.123. The predicted molar refractivity (Wildman–Crippen MR) is 83.5 cm³/mol. The van der Waals surface area contributed by atoms with Crippen molar-refractivity contribution in [2.24, 2.45) is 7.05 Å². The maximum atomic E-state index is 13.1. The molecule has 1 aliphatic rings. The molecule has 1 aliphatic heterocycles. The molecular formula is C17H20FN3O2. The van der Waals surface area contributed by atoms with Crippen LogP contribution in [0.1, 0.15) is 39.8 Å². The van der Waals surface area contributed by atoms with Gasteiger partial charge in [0.15, 0.2) is 0 Å². The lowest BCUT2D eigenvalue weighted by Crippen LogP contribution is -2.32. The van der Waals surface area contributed by atoms with Crippen LogP contribution in [0.3, 0.4) is 0 Å². The minimum atomic E-state index is -0.578. The van der Waals surface area contributed by atoms with Crippen LogP contribution in [0.2, 0.25) is 0 Å². The molecule has 0 saturated carbocycles. The third-order valence-corrected chi connectivity index (χ3v) is 4.52. The number of hydrogen-bond acceptors (Lipinski definition) is 3. The molecule has 0 bridgehead atoms. The largest absolute Gasteiger partial charge is 0.391 e. The van der Waals surface area contributed by atoms with Gasteiger partial charge in [0.1, 0.15) is 5.82 Å². The van der Waals surface area contributed by atoms with Gasteiger partial charge in [-0.05, 0) is 38.0 Å². The Morgan fingerprint density at radius 1 is 1.30 bits per heavy atom. The number of benzene rings is 1. The van der Waals surface area contributed by atoms with E-state index in [4.69, 9.17) is 0 Å². The quantitative estimate of drug-likeness (QED) is 0.923. The normalized spacial score (nSPS) is 21.0. The second kappa shape index (κ2) is 5.77. The highest BCUT2D eigenvalue weighted by atomic mass is 19.1. The number of aryl methyl sites for hydroxylation is 2. The molecule has 2 aromatic rings. The summed E-state index contributed by atoms with van der Waals surface area (Å²) in [6.45, 7) is 3.93. The number of aliphatic hydroxyl groups is 1. The van der Waals surface area contributed by atoms with Crippen molar-refractivity contribution < 1.29 is 14.3 Å². The lowest BCUT2D eigenvalue weighted by Gasteiger charge is -2.25. The number of likely N-dealkylation sites (tertiary alicyclic amines) is 1. The third kappa shape index (κ3) is 2.74. The highest BCUT2D eigenvalue weighted by Crippen LogP contribution is 2.34. The van der Waals surface area contributed by atoms with E-state index in [0.29, 0.717) is 17.7 Å². The molecule has 0 unspecified atom stereocenters. The highest BCUT2D eigenvalue weighted by Gasteiger charge is 2.37. The molecule has 0 radical (unpaired) electrons. The van der Waals surface area contributed by atoms with Crippen LogP contribution in [0, 0.1) is 19.7 Å². The van der Waals surface area contributed by atoms with E-state index in [2.05, 4.69) is 5.10 Å². The summed E-state index contributed by atoms with van der Waals surface area (Å²) in [7, 11) is 1.80. The minimum absolute atomic E-state index is 0.140. The second-order valence-electron chi connectivity index (χ2n) is 6.08. The van der Waals surface area contributed by atoms with E-state index in [1.807, 2.05) is 6.92 Å². The number of aromatic nitrogens is 2. The number of halogens is 1. The summed E-state index contributed by atoms with van der Waals surface area (Å²) in [5.41, 5.74) is 2.88. The molecule has 1 amide bonds. The van der Waals surface area contributed by atoms with E-state index in [9.17, 15) is 14.3 Å². The molecule has 1 fully saturated rings. The van der Waals surface area contributed by atoms with Crippen molar-refractivity contribution in [3.8, 4) is 0 Å². The molecule has 1 N–H and O–H groups in total. The average molecular weight is 317 g/mol. The third-order valence-electron chi connectivity index (χ3n) is 4.52. The number of hydrogen-bond donors (Lipinski definition) is 1. The monoisotopic (exact) mass is 317 g/mol. The summed E-state index contributed by atoms with van der Waals surface area (Å²) in [4.78, 5) is 14.6. The molecule has 5 nitrogen and oxygen atoms in total. The maximum Gasteiger partial charge on any atom is 0.258 e. The van der Waals surface area contributed by atoms with Crippen molar-refractivity contribution in [1.29, 1.82) is 0 Å². The molecular weight excluding hydrogens is 297 g/mol. The van der Waals surface area contributed by atoms with Gasteiger partial charge in [-0.2, -0.15) is 5.10 Å². The van der Waals surface area contributed by atoms with Gasteiger partial charge in [0.05, 0.1) is 23.4 Å². The molecule has 23 heavy (non-hydrogen) atoms. The molecule has 1 aromatic heterocycles. The minimum Gasteiger partial charge on any atom is -0.391 e. The lowest BCUT2D eigenvalue weighted by molar-refractivity contribution is 0.0714.